The number of rotatable bonds is 3. The van der Waals surface area contributed by atoms with Crippen molar-refractivity contribution >= 4 is 38.9 Å². The number of hydrogen-bond acceptors (Lipinski definition) is 5. The summed E-state index contributed by atoms with van der Waals surface area (Å²) in [6, 6.07) is 2.59. The molecule has 1 aromatic rings. The highest BCUT2D eigenvalue weighted by Gasteiger charge is 2.30. The van der Waals surface area contributed by atoms with Crippen molar-refractivity contribution in [3.63, 3.8) is 0 Å². The van der Waals surface area contributed by atoms with E-state index in [1.54, 1.807) is 13.0 Å². The van der Waals surface area contributed by atoms with Crippen molar-refractivity contribution in [3.8, 4) is 0 Å². The van der Waals surface area contributed by atoms with Gasteiger partial charge in [-0.15, -0.1) is 0 Å². The molecule has 0 aliphatic heterocycles. The number of hydrazone groups is 1. The summed E-state index contributed by atoms with van der Waals surface area (Å²) in [4.78, 5) is 11.8. The molecule has 3 rings (SSSR count). The molecule has 0 aromatic heterocycles. The quantitative estimate of drug-likeness (QED) is 0.622. The molecular weight excluding hydrogens is 364 g/mol. The van der Waals surface area contributed by atoms with Crippen LogP contribution in [0, 0.1) is 18.8 Å². The van der Waals surface area contributed by atoms with E-state index in [1.807, 2.05) is 24.3 Å². The van der Waals surface area contributed by atoms with Crippen molar-refractivity contribution < 1.29 is 17.8 Å². The van der Waals surface area contributed by atoms with Crippen LogP contribution in [0.25, 0.3) is 0 Å². The second kappa shape index (κ2) is 6.59. The molecule has 6 nitrogen and oxygen atoms in total. The van der Waals surface area contributed by atoms with Gasteiger partial charge in [0.2, 0.25) is 5.78 Å². The summed E-state index contributed by atoms with van der Waals surface area (Å²) in [6.07, 6.45) is 10.8. The Morgan fingerprint density at radius 2 is 1.92 bits per heavy atom. The highest BCUT2D eigenvalue weighted by Crippen LogP contribution is 2.30. The summed E-state index contributed by atoms with van der Waals surface area (Å²) in [7, 11) is -4.48. The van der Waals surface area contributed by atoms with Gasteiger partial charge in [0.1, 0.15) is 10.6 Å². The van der Waals surface area contributed by atoms with Crippen LogP contribution in [0.1, 0.15) is 5.56 Å². The Balaban J connectivity index is 2.00. The van der Waals surface area contributed by atoms with E-state index in [0.717, 1.165) is 0 Å². The predicted molar refractivity (Wildman–Crippen MR) is 96.5 cm³/mol. The molecule has 0 fully saturated rings. The Hall–Kier alpha value is -2.22. The summed E-state index contributed by atoms with van der Waals surface area (Å²) in [5.74, 6) is -0.476. The van der Waals surface area contributed by atoms with Crippen molar-refractivity contribution in [2.24, 2.45) is 16.9 Å². The lowest BCUT2D eigenvalue weighted by Crippen LogP contribution is -2.31. The van der Waals surface area contributed by atoms with Gasteiger partial charge in [0.05, 0.1) is 5.69 Å². The van der Waals surface area contributed by atoms with Crippen molar-refractivity contribution in [3.05, 3.63) is 59.2 Å². The van der Waals surface area contributed by atoms with Crippen LogP contribution >= 0.6 is 11.6 Å². The average molecular weight is 379 g/mol. The molecule has 0 radical (unpaired) electrons. The molecule has 8 heteroatoms. The third-order valence-corrected chi connectivity index (χ3v) is 5.35. The molecular formula is C17H15ClN2O4S. The van der Waals surface area contributed by atoms with E-state index in [-0.39, 0.29) is 33.9 Å². The van der Waals surface area contributed by atoms with Crippen molar-refractivity contribution in [1.29, 1.82) is 0 Å². The predicted octanol–water partition coefficient (Wildman–Crippen LogP) is 3.16. The van der Waals surface area contributed by atoms with Gasteiger partial charge < -0.3 is 0 Å². The zero-order valence-corrected chi connectivity index (χ0v) is 14.8. The van der Waals surface area contributed by atoms with E-state index in [9.17, 15) is 17.8 Å². The summed E-state index contributed by atoms with van der Waals surface area (Å²) < 4.78 is 32.6. The third-order valence-electron chi connectivity index (χ3n) is 4.05. The van der Waals surface area contributed by atoms with Gasteiger partial charge in [-0.05, 0) is 30.7 Å². The summed E-state index contributed by atoms with van der Waals surface area (Å²) in [6.45, 7) is 1.62. The average Bonchev–Trinajstić information content (AvgIpc) is 2.55. The van der Waals surface area contributed by atoms with Crippen LogP contribution in [-0.4, -0.2) is 24.5 Å². The van der Waals surface area contributed by atoms with E-state index in [0.29, 0.717) is 10.6 Å². The number of nitrogens with zero attached hydrogens (tertiary/aromatic N) is 1. The maximum absolute atomic E-state index is 12.2. The second-order valence-corrected chi connectivity index (χ2v) is 7.57. The molecule has 0 spiro atoms. The van der Waals surface area contributed by atoms with Gasteiger partial charge in [-0.3, -0.25) is 14.8 Å². The lowest BCUT2D eigenvalue weighted by atomic mass is 9.79. The molecule has 2 unspecified atom stereocenters. The van der Waals surface area contributed by atoms with Gasteiger partial charge in [-0.1, -0.05) is 42.0 Å². The molecule has 0 bridgehead atoms. The van der Waals surface area contributed by atoms with E-state index in [2.05, 4.69) is 10.5 Å². The first-order chi connectivity index (χ1) is 11.8. The smallest absolute Gasteiger partial charge is 0.288 e. The SMILES string of the molecule is Cc1cc(S(=O)(=O)O)c(N/N=C2/C(=O)C=CC3C=CC=CC23)cc1Cl. The number of aryl methyl sites for hydroxylation is 1. The number of benzene rings is 1. The zero-order valence-electron chi connectivity index (χ0n) is 13.2. The number of allylic oxidation sites excluding steroid dienone is 6. The van der Waals surface area contributed by atoms with Crippen LogP contribution in [0.15, 0.2) is 58.6 Å². The van der Waals surface area contributed by atoms with Crippen molar-refractivity contribution in [1.82, 2.24) is 0 Å². The van der Waals surface area contributed by atoms with Gasteiger partial charge >= 0.3 is 0 Å². The molecule has 0 heterocycles. The molecule has 2 aliphatic rings. The van der Waals surface area contributed by atoms with Gasteiger partial charge in [0, 0.05) is 16.9 Å². The Morgan fingerprint density at radius 1 is 1.20 bits per heavy atom. The number of hydrogen-bond donors (Lipinski definition) is 2. The fourth-order valence-electron chi connectivity index (χ4n) is 2.74. The van der Waals surface area contributed by atoms with Crippen molar-refractivity contribution in [2.75, 3.05) is 5.43 Å². The minimum absolute atomic E-state index is 0.000154. The van der Waals surface area contributed by atoms with E-state index >= 15 is 0 Å². The monoisotopic (exact) mass is 378 g/mol. The molecule has 0 saturated carbocycles. The van der Waals surface area contributed by atoms with Crippen LogP contribution in [0.5, 0.6) is 0 Å². The second-order valence-electron chi connectivity index (χ2n) is 5.78. The lowest BCUT2D eigenvalue weighted by molar-refractivity contribution is -0.109. The zero-order chi connectivity index (χ0) is 18.2. The molecule has 2 atom stereocenters. The Kier molecular flexibility index (Phi) is 4.64. The topological polar surface area (TPSA) is 95.8 Å². The number of nitrogens with one attached hydrogen (secondary N) is 1. The largest absolute Gasteiger partial charge is 0.296 e. The number of fused-ring (bicyclic) bond motifs is 1. The summed E-state index contributed by atoms with van der Waals surface area (Å²) >= 11 is 6.03. The maximum Gasteiger partial charge on any atom is 0.296 e. The number of carbonyl (C=O) groups is 1. The van der Waals surface area contributed by atoms with Crippen LogP contribution in [0.3, 0.4) is 0 Å². The first-order valence-corrected chi connectivity index (χ1v) is 9.28. The van der Waals surface area contributed by atoms with E-state index < -0.39 is 10.1 Å². The minimum Gasteiger partial charge on any atom is -0.288 e. The first-order valence-electron chi connectivity index (χ1n) is 7.46. The van der Waals surface area contributed by atoms with Crippen LogP contribution in [0.2, 0.25) is 5.02 Å². The number of halogens is 1. The van der Waals surface area contributed by atoms with Gasteiger partial charge in [0.15, 0.2) is 0 Å². The maximum atomic E-state index is 12.2. The third kappa shape index (κ3) is 3.58. The van der Waals surface area contributed by atoms with Crippen molar-refractivity contribution in [2.45, 2.75) is 11.8 Å². The highest BCUT2D eigenvalue weighted by molar-refractivity contribution is 7.86. The van der Waals surface area contributed by atoms with Gasteiger partial charge in [0.25, 0.3) is 10.1 Å². The minimum atomic E-state index is -4.48. The first kappa shape index (κ1) is 17.6. The highest BCUT2D eigenvalue weighted by atomic mass is 35.5. The molecule has 2 N–H and O–H groups in total. The number of ketones is 1. The number of carbonyl (C=O) groups excluding carboxylic acids is 1. The molecule has 130 valence electrons. The molecule has 2 aliphatic carbocycles. The molecule has 25 heavy (non-hydrogen) atoms. The van der Waals surface area contributed by atoms with Crippen LogP contribution < -0.4 is 5.43 Å². The molecule has 1 aromatic carbocycles. The van der Waals surface area contributed by atoms with Crippen LogP contribution in [-0.2, 0) is 14.9 Å². The summed E-state index contributed by atoms with van der Waals surface area (Å²) in [5, 5.41) is 4.42. The Morgan fingerprint density at radius 3 is 2.64 bits per heavy atom. The van der Waals surface area contributed by atoms with E-state index in [1.165, 1.54) is 18.2 Å². The standard InChI is InChI=1S/C17H15ClN2O4S/c1-10-8-16(25(22,23)24)14(9-13(10)18)19-20-17-12-5-3-2-4-11(12)6-7-15(17)21/h2-9,11-12,19H,1H3,(H,22,23,24)/b20-17+. The van der Waals surface area contributed by atoms with E-state index in [4.69, 9.17) is 11.6 Å². The normalized spacial score (nSPS) is 23.8. The van der Waals surface area contributed by atoms with Gasteiger partial charge in [-0.2, -0.15) is 13.5 Å². The Labute approximate surface area is 150 Å². The lowest BCUT2D eigenvalue weighted by Gasteiger charge is -2.25. The fourth-order valence-corrected chi connectivity index (χ4v) is 3.61. The Bertz CT molecular complexity index is 961. The molecule has 0 amide bonds. The fraction of sp³-hybridized carbons (Fsp3) is 0.176. The molecule has 0 saturated heterocycles. The summed E-state index contributed by atoms with van der Waals surface area (Å²) in [5.41, 5.74) is 3.32. The van der Waals surface area contributed by atoms with Crippen LogP contribution in [0.4, 0.5) is 5.69 Å². The number of anilines is 1. The van der Waals surface area contributed by atoms with Gasteiger partial charge in [-0.25, -0.2) is 0 Å².